The molecule has 0 amide bonds. The first-order valence-corrected chi connectivity index (χ1v) is 3.63. The first-order chi connectivity index (χ1) is 4.86. The highest BCUT2D eigenvalue weighted by Crippen LogP contribution is 2.19. The summed E-state index contributed by atoms with van der Waals surface area (Å²) in [7, 11) is 1.71. The van der Waals surface area contributed by atoms with Crippen molar-refractivity contribution in [2.24, 2.45) is 0 Å². The van der Waals surface area contributed by atoms with Crippen LogP contribution in [0.2, 0.25) is 0 Å². The van der Waals surface area contributed by atoms with E-state index in [-0.39, 0.29) is 0 Å². The second-order valence-corrected chi connectivity index (χ2v) is 2.34. The van der Waals surface area contributed by atoms with Crippen LogP contribution in [-0.2, 0) is 4.74 Å². The average molecular weight is 137 g/mol. The van der Waals surface area contributed by atoms with Crippen molar-refractivity contribution in [1.82, 2.24) is 0 Å². The highest BCUT2D eigenvalue weighted by Gasteiger charge is 2.03. The maximum atomic E-state index is 5.07. The van der Waals surface area contributed by atoms with Crippen molar-refractivity contribution in [3.05, 3.63) is 29.9 Å². The zero-order chi connectivity index (χ0) is 7.40. The highest BCUT2D eigenvalue weighted by atomic mass is 16.5. The van der Waals surface area contributed by atoms with E-state index in [0.717, 1.165) is 18.6 Å². The highest BCUT2D eigenvalue weighted by molar-refractivity contribution is 5.28. The van der Waals surface area contributed by atoms with E-state index >= 15 is 0 Å². The standard InChI is InChI=1S/C9H13O/c1-3-8-4-6-9(10-2)7-5-8/h4-6H,3,7H2,1-2H3. The number of hydrogen-bond donors (Lipinski definition) is 0. The number of methoxy groups -OCH3 is 1. The molecule has 0 bridgehead atoms. The van der Waals surface area contributed by atoms with Gasteiger partial charge in [-0.1, -0.05) is 18.6 Å². The first-order valence-electron chi connectivity index (χ1n) is 3.63. The Labute approximate surface area is 62.4 Å². The molecule has 0 aromatic carbocycles. The molecule has 0 spiro atoms. The molecule has 0 aliphatic heterocycles. The molecule has 0 fully saturated rings. The SMILES string of the molecule is CCC1=CC=C(OC)C[CH]1. The van der Waals surface area contributed by atoms with E-state index in [0.29, 0.717) is 0 Å². The second-order valence-electron chi connectivity index (χ2n) is 2.34. The third-order valence-electron chi connectivity index (χ3n) is 1.72. The van der Waals surface area contributed by atoms with Crippen molar-refractivity contribution in [1.29, 1.82) is 0 Å². The van der Waals surface area contributed by atoms with Gasteiger partial charge < -0.3 is 4.74 Å². The van der Waals surface area contributed by atoms with Crippen LogP contribution in [-0.4, -0.2) is 7.11 Å². The van der Waals surface area contributed by atoms with Crippen molar-refractivity contribution in [3.8, 4) is 0 Å². The van der Waals surface area contributed by atoms with Crippen LogP contribution in [0.5, 0.6) is 0 Å². The molecule has 0 N–H and O–H groups in total. The summed E-state index contributed by atoms with van der Waals surface area (Å²) < 4.78 is 5.07. The summed E-state index contributed by atoms with van der Waals surface area (Å²) in [5.74, 6) is 1.05. The normalized spacial score (nSPS) is 17.8. The summed E-state index contributed by atoms with van der Waals surface area (Å²) >= 11 is 0. The van der Waals surface area contributed by atoms with E-state index < -0.39 is 0 Å². The Bertz CT molecular complexity index is 146. The third-order valence-corrected chi connectivity index (χ3v) is 1.72. The summed E-state index contributed by atoms with van der Waals surface area (Å²) in [5.41, 5.74) is 1.40. The van der Waals surface area contributed by atoms with Gasteiger partial charge in [0.15, 0.2) is 0 Å². The lowest BCUT2D eigenvalue weighted by Gasteiger charge is -2.11. The zero-order valence-corrected chi connectivity index (χ0v) is 6.55. The van der Waals surface area contributed by atoms with E-state index in [2.05, 4.69) is 19.4 Å². The molecular weight excluding hydrogens is 124 g/mol. The van der Waals surface area contributed by atoms with Crippen LogP contribution in [0, 0.1) is 6.42 Å². The molecule has 0 unspecified atom stereocenters. The molecule has 1 aliphatic rings. The average Bonchev–Trinajstić information content (AvgIpc) is 2.05. The number of hydrogen-bond acceptors (Lipinski definition) is 1. The second kappa shape index (κ2) is 3.45. The van der Waals surface area contributed by atoms with Crippen LogP contribution in [0.4, 0.5) is 0 Å². The summed E-state index contributed by atoms with van der Waals surface area (Å²) in [4.78, 5) is 0. The molecule has 1 heteroatoms. The van der Waals surface area contributed by atoms with Gasteiger partial charge in [0.25, 0.3) is 0 Å². The molecule has 1 aliphatic carbocycles. The Morgan fingerprint density at radius 3 is 2.70 bits per heavy atom. The van der Waals surface area contributed by atoms with Gasteiger partial charge in [-0.15, -0.1) is 0 Å². The first kappa shape index (κ1) is 7.39. The van der Waals surface area contributed by atoms with E-state index in [1.807, 2.05) is 6.08 Å². The van der Waals surface area contributed by atoms with Gasteiger partial charge in [-0.3, -0.25) is 0 Å². The molecule has 55 valence electrons. The number of ether oxygens (including phenoxy) is 1. The van der Waals surface area contributed by atoms with Crippen molar-refractivity contribution in [2.45, 2.75) is 19.8 Å². The maximum Gasteiger partial charge on any atom is 0.0961 e. The van der Waals surface area contributed by atoms with Gasteiger partial charge in [0, 0.05) is 6.42 Å². The lowest BCUT2D eigenvalue weighted by atomic mass is 10.0. The molecule has 0 heterocycles. The number of allylic oxidation sites excluding steroid dienone is 4. The summed E-state index contributed by atoms with van der Waals surface area (Å²) in [5, 5.41) is 0. The van der Waals surface area contributed by atoms with Crippen LogP contribution < -0.4 is 0 Å². The van der Waals surface area contributed by atoms with Gasteiger partial charge in [0.2, 0.25) is 0 Å². The van der Waals surface area contributed by atoms with Gasteiger partial charge in [0.05, 0.1) is 12.9 Å². The van der Waals surface area contributed by atoms with Crippen LogP contribution in [0.25, 0.3) is 0 Å². The van der Waals surface area contributed by atoms with Crippen LogP contribution in [0.15, 0.2) is 23.5 Å². The molecule has 0 saturated carbocycles. The molecule has 0 atom stereocenters. The van der Waals surface area contributed by atoms with E-state index in [9.17, 15) is 0 Å². The van der Waals surface area contributed by atoms with Crippen molar-refractivity contribution < 1.29 is 4.74 Å². The number of rotatable bonds is 2. The molecule has 1 rings (SSSR count). The van der Waals surface area contributed by atoms with Gasteiger partial charge in [-0.2, -0.15) is 0 Å². The minimum Gasteiger partial charge on any atom is -0.501 e. The lowest BCUT2D eigenvalue weighted by Crippen LogP contribution is -1.94. The van der Waals surface area contributed by atoms with Gasteiger partial charge in [-0.05, 0) is 18.9 Å². The van der Waals surface area contributed by atoms with E-state index in [1.54, 1.807) is 7.11 Å². The van der Waals surface area contributed by atoms with Gasteiger partial charge >= 0.3 is 0 Å². The maximum absolute atomic E-state index is 5.07. The topological polar surface area (TPSA) is 9.23 Å². The fraction of sp³-hybridized carbons (Fsp3) is 0.444. The van der Waals surface area contributed by atoms with Gasteiger partial charge in [-0.25, -0.2) is 0 Å². The quantitative estimate of drug-likeness (QED) is 0.568. The van der Waals surface area contributed by atoms with E-state index in [1.165, 1.54) is 5.57 Å². The van der Waals surface area contributed by atoms with Crippen LogP contribution in [0.3, 0.4) is 0 Å². The molecule has 0 aromatic heterocycles. The fourth-order valence-electron chi connectivity index (χ4n) is 0.981. The predicted molar refractivity (Wildman–Crippen MR) is 42.4 cm³/mol. The monoisotopic (exact) mass is 137 g/mol. The summed E-state index contributed by atoms with van der Waals surface area (Å²) in [6.07, 6.45) is 8.43. The molecule has 0 saturated heterocycles. The third kappa shape index (κ3) is 1.63. The summed E-state index contributed by atoms with van der Waals surface area (Å²) in [6.45, 7) is 2.16. The van der Waals surface area contributed by atoms with Crippen molar-refractivity contribution in [3.63, 3.8) is 0 Å². The Balaban J connectivity index is 2.55. The Morgan fingerprint density at radius 1 is 1.50 bits per heavy atom. The fourth-order valence-corrected chi connectivity index (χ4v) is 0.981. The van der Waals surface area contributed by atoms with Crippen LogP contribution in [0.1, 0.15) is 19.8 Å². The summed E-state index contributed by atoms with van der Waals surface area (Å²) in [6, 6.07) is 0. The minimum absolute atomic E-state index is 0.955. The molecule has 1 nitrogen and oxygen atoms in total. The molecular formula is C9H13O. The smallest absolute Gasteiger partial charge is 0.0961 e. The van der Waals surface area contributed by atoms with Gasteiger partial charge in [0.1, 0.15) is 0 Å². The largest absolute Gasteiger partial charge is 0.501 e. The lowest BCUT2D eigenvalue weighted by molar-refractivity contribution is 0.282. The van der Waals surface area contributed by atoms with Crippen molar-refractivity contribution >= 4 is 0 Å². The van der Waals surface area contributed by atoms with E-state index in [4.69, 9.17) is 4.74 Å². The minimum atomic E-state index is 0.955. The Morgan fingerprint density at radius 2 is 2.30 bits per heavy atom. The zero-order valence-electron chi connectivity index (χ0n) is 6.55. The molecule has 10 heavy (non-hydrogen) atoms. The Hall–Kier alpha value is -0.720. The van der Waals surface area contributed by atoms with Crippen molar-refractivity contribution in [2.75, 3.05) is 7.11 Å². The Kier molecular flexibility index (Phi) is 2.55. The molecule has 0 aromatic rings. The molecule has 1 radical (unpaired) electrons. The predicted octanol–water partition coefficient (Wildman–Crippen LogP) is 2.46. The van der Waals surface area contributed by atoms with Crippen LogP contribution >= 0.6 is 0 Å².